The van der Waals surface area contributed by atoms with Crippen LogP contribution in [0.2, 0.25) is 0 Å². The van der Waals surface area contributed by atoms with Gasteiger partial charge < -0.3 is 10.2 Å². The molecule has 2 rings (SSSR count). The van der Waals surface area contributed by atoms with Crippen molar-refractivity contribution in [1.82, 2.24) is 4.90 Å². The Hall–Kier alpha value is -0.950. The molecule has 1 fully saturated rings. The molecule has 0 spiro atoms. The van der Waals surface area contributed by atoms with E-state index in [9.17, 15) is 18.6 Å². The van der Waals surface area contributed by atoms with E-state index in [0.29, 0.717) is 17.7 Å². The van der Waals surface area contributed by atoms with Crippen LogP contribution in [0.15, 0.2) is 29.2 Å². The van der Waals surface area contributed by atoms with Crippen LogP contribution in [0.4, 0.5) is 0 Å². The van der Waals surface area contributed by atoms with Gasteiger partial charge in [-0.25, -0.2) is 8.42 Å². The highest BCUT2D eigenvalue weighted by atomic mass is 32.2. The number of aliphatic hydroxyl groups excluding tert-OH is 1. The minimum atomic E-state index is -3.15. The average molecular weight is 313 g/mol. The highest BCUT2D eigenvalue weighted by Gasteiger charge is 2.29. The molecule has 0 aliphatic carbocycles. The minimum Gasteiger partial charge on any atom is -0.393 e. The highest BCUT2D eigenvalue weighted by molar-refractivity contribution is 7.90. The Morgan fingerprint density at radius 1 is 1.19 bits per heavy atom. The molecule has 0 amide bonds. The standard InChI is InChI=1S/C15H23NO4S/c1-21(19,20)14-5-3-13(4-6-14)11-16-9-2-7-15(18,12-17)8-10-16/h3-6,17-18H,2,7-12H2,1H3. The summed E-state index contributed by atoms with van der Waals surface area (Å²) in [5.41, 5.74) is 0.103. The van der Waals surface area contributed by atoms with Gasteiger partial charge in [0.2, 0.25) is 0 Å². The normalized spacial score (nSPS) is 24.7. The van der Waals surface area contributed by atoms with Gasteiger partial charge in [-0.1, -0.05) is 12.1 Å². The van der Waals surface area contributed by atoms with Crippen molar-refractivity contribution in [1.29, 1.82) is 0 Å². The fraction of sp³-hybridized carbons (Fsp3) is 0.600. The predicted molar refractivity (Wildman–Crippen MR) is 80.7 cm³/mol. The van der Waals surface area contributed by atoms with E-state index in [2.05, 4.69) is 4.90 Å². The van der Waals surface area contributed by atoms with E-state index in [1.165, 1.54) is 6.26 Å². The van der Waals surface area contributed by atoms with E-state index in [1.54, 1.807) is 12.1 Å². The van der Waals surface area contributed by atoms with Crippen LogP contribution in [0.25, 0.3) is 0 Å². The van der Waals surface area contributed by atoms with E-state index >= 15 is 0 Å². The van der Waals surface area contributed by atoms with Crippen LogP contribution in [0, 0.1) is 0 Å². The minimum absolute atomic E-state index is 0.191. The first kappa shape index (κ1) is 16.4. The molecule has 0 saturated carbocycles. The monoisotopic (exact) mass is 313 g/mol. The van der Waals surface area contributed by atoms with Crippen LogP contribution in [0.1, 0.15) is 24.8 Å². The molecule has 1 aliphatic rings. The summed E-state index contributed by atoms with van der Waals surface area (Å²) in [5, 5.41) is 19.4. The number of likely N-dealkylation sites (tertiary alicyclic amines) is 1. The molecule has 21 heavy (non-hydrogen) atoms. The Labute approximate surface area is 126 Å². The molecule has 2 N–H and O–H groups in total. The summed E-state index contributed by atoms with van der Waals surface area (Å²) in [6.07, 6.45) is 3.23. The second-order valence-electron chi connectivity index (χ2n) is 5.93. The molecular formula is C15H23NO4S. The summed E-state index contributed by atoms with van der Waals surface area (Å²) in [6.45, 7) is 2.14. The average Bonchev–Trinajstić information content (AvgIpc) is 2.62. The van der Waals surface area contributed by atoms with Crippen LogP contribution >= 0.6 is 0 Å². The van der Waals surface area contributed by atoms with E-state index in [1.807, 2.05) is 12.1 Å². The summed E-state index contributed by atoms with van der Waals surface area (Å²) in [7, 11) is -3.15. The van der Waals surface area contributed by atoms with Crippen LogP contribution in [0.5, 0.6) is 0 Å². The Kier molecular flexibility index (Phi) is 5.03. The van der Waals surface area contributed by atoms with Crippen molar-refractivity contribution in [3.8, 4) is 0 Å². The summed E-state index contributed by atoms with van der Waals surface area (Å²) in [5.74, 6) is 0. The van der Waals surface area contributed by atoms with Crippen molar-refractivity contribution < 1.29 is 18.6 Å². The maximum atomic E-state index is 11.4. The van der Waals surface area contributed by atoms with Crippen LogP contribution < -0.4 is 0 Å². The Morgan fingerprint density at radius 2 is 1.86 bits per heavy atom. The number of nitrogens with zero attached hydrogens (tertiary/aromatic N) is 1. The van der Waals surface area contributed by atoms with Crippen LogP contribution in [0.3, 0.4) is 0 Å². The first-order valence-electron chi connectivity index (χ1n) is 7.17. The van der Waals surface area contributed by atoms with Gasteiger partial charge in [-0.15, -0.1) is 0 Å². The molecule has 118 valence electrons. The SMILES string of the molecule is CS(=O)(=O)c1ccc(CN2CCCC(O)(CO)CC2)cc1. The van der Waals surface area contributed by atoms with Gasteiger partial charge in [-0.3, -0.25) is 4.90 Å². The van der Waals surface area contributed by atoms with E-state index in [4.69, 9.17) is 0 Å². The molecule has 1 aromatic carbocycles. The second-order valence-corrected chi connectivity index (χ2v) is 7.94. The fourth-order valence-corrected chi connectivity index (χ4v) is 3.28. The Balaban J connectivity index is 1.99. The van der Waals surface area contributed by atoms with Crippen molar-refractivity contribution in [2.75, 3.05) is 26.0 Å². The molecule has 1 unspecified atom stereocenters. The quantitative estimate of drug-likeness (QED) is 0.860. The first-order valence-corrected chi connectivity index (χ1v) is 9.06. The van der Waals surface area contributed by atoms with E-state index in [0.717, 1.165) is 31.6 Å². The number of aliphatic hydroxyl groups is 2. The lowest BCUT2D eigenvalue weighted by Crippen LogP contribution is -2.34. The van der Waals surface area contributed by atoms with Crippen LogP contribution in [-0.2, 0) is 16.4 Å². The first-order chi connectivity index (χ1) is 9.82. The predicted octanol–water partition coefficient (Wildman–Crippen LogP) is 0.799. The third kappa shape index (κ3) is 4.51. The Morgan fingerprint density at radius 3 is 2.43 bits per heavy atom. The molecule has 1 saturated heterocycles. The summed E-state index contributed by atoms with van der Waals surface area (Å²) < 4.78 is 22.8. The lowest BCUT2D eigenvalue weighted by atomic mass is 9.96. The van der Waals surface area contributed by atoms with Crippen molar-refractivity contribution >= 4 is 9.84 Å². The second kappa shape index (κ2) is 6.44. The third-order valence-corrected chi connectivity index (χ3v) is 5.19. The molecule has 5 nitrogen and oxygen atoms in total. The van der Waals surface area contributed by atoms with Crippen molar-refractivity contribution in [2.24, 2.45) is 0 Å². The van der Waals surface area contributed by atoms with E-state index < -0.39 is 15.4 Å². The molecule has 1 aromatic rings. The smallest absolute Gasteiger partial charge is 0.175 e. The molecule has 0 radical (unpaired) electrons. The summed E-state index contributed by atoms with van der Waals surface area (Å²) >= 11 is 0. The number of rotatable bonds is 4. The lowest BCUT2D eigenvalue weighted by molar-refractivity contribution is -0.0255. The molecule has 0 bridgehead atoms. The number of hydrogen-bond donors (Lipinski definition) is 2. The molecule has 1 heterocycles. The van der Waals surface area contributed by atoms with Gasteiger partial charge in [0.25, 0.3) is 0 Å². The molecule has 1 aliphatic heterocycles. The topological polar surface area (TPSA) is 77.8 Å². The number of hydrogen-bond acceptors (Lipinski definition) is 5. The zero-order valence-corrected chi connectivity index (χ0v) is 13.1. The Bertz CT molecular complexity index is 570. The zero-order chi connectivity index (χ0) is 15.5. The molecule has 0 aromatic heterocycles. The number of benzene rings is 1. The molecule has 1 atom stereocenters. The number of sulfone groups is 1. The maximum absolute atomic E-state index is 11.4. The third-order valence-electron chi connectivity index (χ3n) is 4.06. The van der Waals surface area contributed by atoms with Gasteiger partial charge in [-0.05, 0) is 43.5 Å². The van der Waals surface area contributed by atoms with Gasteiger partial charge in [0, 0.05) is 19.3 Å². The lowest BCUT2D eigenvalue weighted by Gasteiger charge is -2.24. The van der Waals surface area contributed by atoms with Gasteiger partial charge in [0.05, 0.1) is 17.1 Å². The summed E-state index contributed by atoms with van der Waals surface area (Å²) in [4.78, 5) is 2.56. The molecular weight excluding hydrogens is 290 g/mol. The van der Waals surface area contributed by atoms with Crippen LogP contribution in [-0.4, -0.2) is 55.1 Å². The van der Waals surface area contributed by atoms with Crippen molar-refractivity contribution in [3.05, 3.63) is 29.8 Å². The van der Waals surface area contributed by atoms with Gasteiger partial charge >= 0.3 is 0 Å². The maximum Gasteiger partial charge on any atom is 0.175 e. The fourth-order valence-electron chi connectivity index (χ4n) is 2.65. The summed E-state index contributed by atoms with van der Waals surface area (Å²) in [6, 6.07) is 6.93. The van der Waals surface area contributed by atoms with Gasteiger partial charge in [-0.2, -0.15) is 0 Å². The van der Waals surface area contributed by atoms with Gasteiger partial charge in [0.1, 0.15) is 0 Å². The van der Waals surface area contributed by atoms with Gasteiger partial charge in [0.15, 0.2) is 9.84 Å². The van der Waals surface area contributed by atoms with E-state index in [-0.39, 0.29) is 6.61 Å². The largest absolute Gasteiger partial charge is 0.393 e. The molecule has 6 heteroatoms. The van der Waals surface area contributed by atoms with Crippen molar-refractivity contribution in [3.63, 3.8) is 0 Å². The highest BCUT2D eigenvalue weighted by Crippen LogP contribution is 2.23. The van der Waals surface area contributed by atoms with Crippen molar-refractivity contribution in [2.45, 2.75) is 36.3 Å². The zero-order valence-electron chi connectivity index (χ0n) is 12.3.